The summed E-state index contributed by atoms with van der Waals surface area (Å²) in [4.78, 5) is 18.3. The highest BCUT2D eigenvalue weighted by Crippen LogP contribution is 2.20. The first-order valence-electron chi connectivity index (χ1n) is 6.84. The van der Waals surface area contributed by atoms with E-state index in [0.29, 0.717) is 5.92 Å². The van der Waals surface area contributed by atoms with Crippen LogP contribution in [0.25, 0.3) is 0 Å². The van der Waals surface area contributed by atoms with Crippen molar-refractivity contribution in [3.8, 4) is 0 Å². The Bertz CT molecular complexity index is 386. The van der Waals surface area contributed by atoms with Crippen LogP contribution in [0.4, 0.5) is 5.82 Å². The van der Waals surface area contributed by atoms with Crippen LogP contribution >= 0.6 is 0 Å². The molecule has 0 saturated carbocycles. The summed E-state index contributed by atoms with van der Waals surface area (Å²) in [6.45, 7) is 10.00. The van der Waals surface area contributed by atoms with Crippen LogP contribution in [-0.2, 0) is 0 Å². The molecule has 0 bridgehead atoms. The maximum atomic E-state index is 11.6. The third-order valence-corrected chi connectivity index (χ3v) is 3.48. The SMILES string of the molecule is CCC(CC)CN(CC)c1ncccc1C(C)=O. The molecule has 3 nitrogen and oxygen atoms in total. The zero-order valence-electron chi connectivity index (χ0n) is 11.9. The Balaban J connectivity index is 2.97. The average molecular weight is 248 g/mol. The fourth-order valence-electron chi connectivity index (χ4n) is 2.15. The Morgan fingerprint density at radius 1 is 1.33 bits per heavy atom. The van der Waals surface area contributed by atoms with Gasteiger partial charge in [-0.05, 0) is 31.9 Å². The van der Waals surface area contributed by atoms with Crippen molar-refractivity contribution < 1.29 is 4.79 Å². The Hall–Kier alpha value is -1.38. The molecule has 1 aromatic rings. The minimum atomic E-state index is 0.0843. The highest BCUT2D eigenvalue weighted by atomic mass is 16.1. The normalized spacial score (nSPS) is 10.7. The van der Waals surface area contributed by atoms with Crippen molar-refractivity contribution in [2.75, 3.05) is 18.0 Å². The summed E-state index contributed by atoms with van der Waals surface area (Å²) in [5.74, 6) is 1.58. The zero-order chi connectivity index (χ0) is 13.5. The van der Waals surface area contributed by atoms with Gasteiger partial charge in [-0.3, -0.25) is 4.79 Å². The van der Waals surface area contributed by atoms with Crippen molar-refractivity contribution in [3.63, 3.8) is 0 Å². The summed E-state index contributed by atoms with van der Waals surface area (Å²) in [6, 6.07) is 3.69. The van der Waals surface area contributed by atoms with Gasteiger partial charge in [0, 0.05) is 19.3 Å². The molecule has 0 aliphatic rings. The van der Waals surface area contributed by atoms with E-state index in [1.165, 1.54) is 0 Å². The first-order chi connectivity index (χ1) is 8.63. The predicted molar refractivity (Wildman–Crippen MR) is 76.2 cm³/mol. The van der Waals surface area contributed by atoms with E-state index >= 15 is 0 Å². The molecule has 18 heavy (non-hydrogen) atoms. The molecule has 0 aliphatic carbocycles. The van der Waals surface area contributed by atoms with Gasteiger partial charge in [0.1, 0.15) is 5.82 Å². The topological polar surface area (TPSA) is 33.2 Å². The molecule has 0 saturated heterocycles. The number of Topliss-reactive ketones (excluding diaryl/α,β-unsaturated/α-hetero) is 1. The van der Waals surface area contributed by atoms with Crippen LogP contribution in [0.5, 0.6) is 0 Å². The second kappa shape index (κ2) is 7.14. The van der Waals surface area contributed by atoms with E-state index in [9.17, 15) is 4.79 Å². The summed E-state index contributed by atoms with van der Waals surface area (Å²) in [6.07, 6.45) is 4.09. The van der Waals surface area contributed by atoms with Crippen LogP contribution in [0.15, 0.2) is 18.3 Å². The van der Waals surface area contributed by atoms with Crippen molar-refractivity contribution >= 4 is 11.6 Å². The number of aromatic nitrogens is 1. The van der Waals surface area contributed by atoms with Gasteiger partial charge in [0.25, 0.3) is 0 Å². The fourth-order valence-corrected chi connectivity index (χ4v) is 2.15. The standard InChI is InChI=1S/C15H24N2O/c1-5-13(6-2)11-17(7-3)15-14(12(4)18)9-8-10-16-15/h8-10,13H,5-7,11H2,1-4H3. The van der Waals surface area contributed by atoms with Gasteiger partial charge in [-0.1, -0.05) is 26.7 Å². The van der Waals surface area contributed by atoms with Crippen LogP contribution < -0.4 is 4.90 Å². The summed E-state index contributed by atoms with van der Waals surface area (Å²) in [5.41, 5.74) is 0.727. The highest BCUT2D eigenvalue weighted by Gasteiger charge is 2.16. The average Bonchev–Trinajstić information content (AvgIpc) is 2.40. The quantitative estimate of drug-likeness (QED) is 0.692. The van der Waals surface area contributed by atoms with Gasteiger partial charge in [0.2, 0.25) is 0 Å². The summed E-state index contributed by atoms with van der Waals surface area (Å²) < 4.78 is 0. The third-order valence-electron chi connectivity index (χ3n) is 3.48. The van der Waals surface area contributed by atoms with E-state index < -0.39 is 0 Å². The Morgan fingerprint density at radius 3 is 2.50 bits per heavy atom. The van der Waals surface area contributed by atoms with Gasteiger partial charge in [-0.2, -0.15) is 0 Å². The summed E-state index contributed by atoms with van der Waals surface area (Å²) >= 11 is 0. The van der Waals surface area contributed by atoms with E-state index in [1.54, 1.807) is 13.1 Å². The number of pyridine rings is 1. The second-order valence-electron chi connectivity index (χ2n) is 4.65. The molecule has 1 aromatic heterocycles. The zero-order valence-corrected chi connectivity index (χ0v) is 11.9. The van der Waals surface area contributed by atoms with Crippen molar-refractivity contribution in [3.05, 3.63) is 23.9 Å². The number of carbonyl (C=O) groups excluding carboxylic acids is 1. The Kier molecular flexibility index (Phi) is 5.83. The van der Waals surface area contributed by atoms with E-state index in [1.807, 2.05) is 12.1 Å². The monoisotopic (exact) mass is 248 g/mol. The molecule has 0 radical (unpaired) electrons. The highest BCUT2D eigenvalue weighted by molar-refractivity contribution is 5.98. The molecule has 0 unspecified atom stereocenters. The lowest BCUT2D eigenvalue weighted by Crippen LogP contribution is -2.31. The number of ketones is 1. The lowest BCUT2D eigenvalue weighted by molar-refractivity contribution is 0.101. The van der Waals surface area contributed by atoms with E-state index in [0.717, 1.165) is 37.3 Å². The van der Waals surface area contributed by atoms with Crippen LogP contribution in [0.3, 0.4) is 0 Å². The Morgan fingerprint density at radius 2 is 2.00 bits per heavy atom. The van der Waals surface area contributed by atoms with Crippen molar-refractivity contribution in [1.29, 1.82) is 0 Å². The largest absolute Gasteiger partial charge is 0.356 e. The molecule has 0 fully saturated rings. The minimum absolute atomic E-state index is 0.0843. The van der Waals surface area contributed by atoms with Crippen molar-refractivity contribution in [2.24, 2.45) is 5.92 Å². The molecular formula is C15H24N2O. The second-order valence-corrected chi connectivity index (χ2v) is 4.65. The third kappa shape index (κ3) is 3.56. The van der Waals surface area contributed by atoms with Gasteiger partial charge < -0.3 is 4.90 Å². The lowest BCUT2D eigenvalue weighted by Gasteiger charge is -2.27. The fraction of sp³-hybridized carbons (Fsp3) is 0.600. The molecule has 0 N–H and O–H groups in total. The molecule has 100 valence electrons. The smallest absolute Gasteiger partial charge is 0.163 e. The molecule has 0 amide bonds. The molecular weight excluding hydrogens is 224 g/mol. The summed E-state index contributed by atoms with van der Waals surface area (Å²) in [7, 11) is 0. The van der Waals surface area contributed by atoms with Crippen LogP contribution in [0.2, 0.25) is 0 Å². The van der Waals surface area contributed by atoms with Crippen LogP contribution in [0, 0.1) is 5.92 Å². The number of anilines is 1. The van der Waals surface area contributed by atoms with Crippen molar-refractivity contribution in [1.82, 2.24) is 4.98 Å². The molecule has 1 rings (SSSR count). The van der Waals surface area contributed by atoms with E-state index in [2.05, 4.69) is 30.7 Å². The molecule has 3 heteroatoms. The lowest BCUT2D eigenvalue weighted by atomic mass is 10.0. The molecule has 0 atom stereocenters. The van der Waals surface area contributed by atoms with Gasteiger partial charge in [0.15, 0.2) is 5.78 Å². The minimum Gasteiger partial charge on any atom is -0.356 e. The maximum absolute atomic E-state index is 11.6. The van der Waals surface area contributed by atoms with Gasteiger partial charge in [-0.15, -0.1) is 0 Å². The van der Waals surface area contributed by atoms with E-state index in [4.69, 9.17) is 0 Å². The van der Waals surface area contributed by atoms with Gasteiger partial charge >= 0.3 is 0 Å². The Labute approximate surface area is 110 Å². The molecule has 0 spiro atoms. The number of rotatable bonds is 7. The van der Waals surface area contributed by atoms with Crippen molar-refractivity contribution in [2.45, 2.75) is 40.5 Å². The van der Waals surface area contributed by atoms with E-state index in [-0.39, 0.29) is 5.78 Å². The molecule has 0 aromatic carbocycles. The van der Waals surface area contributed by atoms with Crippen LogP contribution in [0.1, 0.15) is 50.9 Å². The molecule has 1 heterocycles. The van der Waals surface area contributed by atoms with Gasteiger partial charge in [0.05, 0.1) is 5.56 Å². The number of hydrogen-bond acceptors (Lipinski definition) is 3. The summed E-state index contributed by atoms with van der Waals surface area (Å²) in [5, 5.41) is 0. The number of hydrogen-bond donors (Lipinski definition) is 0. The first-order valence-corrected chi connectivity index (χ1v) is 6.84. The predicted octanol–water partition coefficient (Wildman–Crippen LogP) is 3.55. The first kappa shape index (κ1) is 14.7. The number of nitrogens with zero attached hydrogens (tertiary/aromatic N) is 2. The maximum Gasteiger partial charge on any atom is 0.163 e. The molecule has 0 aliphatic heterocycles. The van der Waals surface area contributed by atoms with Crippen LogP contribution in [-0.4, -0.2) is 23.9 Å². The number of carbonyl (C=O) groups is 1. The van der Waals surface area contributed by atoms with Gasteiger partial charge in [-0.25, -0.2) is 4.98 Å².